The van der Waals surface area contributed by atoms with Gasteiger partial charge in [0.05, 0.1) is 0 Å². The van der Waals surface area contributed by atoms with Gasteiger partial charge in [-0.15, -0.1) is 0 Å². The smallest absolute Gasteiger partial charge is 0.134 e. The van der Waals surface area contributed by atoms with Gasteiger partial charge in [-0.2, -0.15) is 0 Å². The van der Waals surface area contributed by atoms with E-state index in [1.165, 1.54) is 5.01 Å². The summed E-state index contributed by atoms with van der Waals surface area (Å²) >= 11 is 0. The van der Waals surface area contributed by atoms with Crippen LogP contribution in [0.3, 0.4) is 0 Å². The lowest BCUT2D eigenvalue weighted by Gasteiger charge is -2.18. The van der Waals surface area contributed by atoms with Crippen LogP contribution in [-0.2, 0) is 0 Å². The van der Waals surface area contributed by atoms with Crippen LogP contribution in [0.25, 0.3) is 0 Å². The first kappa shape index (κ1) is 11.4. The van der Waals surface area contributed by atoms with Crippen molar-refractivity contribution in [2.24, 2.45) is 11.6 Å². The molecule has 0 aliphatic rings. The molecule has 0 spiro atoms. The summed E-state index contributed by atoms with van der Waals surface area (Å²) in [5, 5.41) is 17.3. The van der Waals surface area contributed by atoms with Gasteiger partial charge in [0.2, 0.25) is 0 Å². The quantitative estimate of drug-likeness (QED) is 0.158. The molecule has 0 bridgehead atoms. The third-order valence-electron chi connectivity index (χ3n) is 1.31. The number of hydrogen-bond donors (Lipinski definition) is 4. The van der Waals surface area contributed by atoms with E-state index in [0.717, 1.165) is 12.6 Å². The fourth-order valence-electron chi connectivity index (χ4n) is 0.686. The lowest BCUT2D eigenvalue weighted by molar-refractivity contribution is 0.345. The molecule has 6 N–H and O–H groups in total. The van der Waals surface area contributed by atoms with E-state index < -0.39 is 0 Å². The second-order valence-electron chi connectivity index (χ2n) is 2.25. The molecule has 12 heavy (non-hydrogen) atoms. The molecule has 0 saturated carbocycles. The van der Waals surface area contributed by atoms with Crippen molar-refractivity contribution in [1.82, 2.24) is 5.01 Å². The highest BCUT2D eigenvalue weighted by molar-refractivity contribution is 7.22. The van der Waals surface area contributed by atoms with E-state index in [1.807, 2.05) is 0 Å². The van der Waals surface area contributed by atoms with Crippen LogP contribution < -0.4 is 11.6 Å². The molecule has 0 saturated heterocycles. The van der Waals surface area contributed by atoms with E-state index in [2.05, 4.69) is 9.24 Å². The van der Waals surface area contributed by atoms with Crippen LogP contribution in [0.2, 0.25) is 0 Å². The number of aliphatic hydroxyl groups is 1. The molecule has 0 aromatic rings. The van der Waals surface area contributed by atoms with Gasteiger partial charge in [0.1, 0.15) is 11.2 Å². The summed E-state index contributed by atoms with van der Waals surface area (Å²) in [6.45, 7) is 1.07. The maximum absolute atomic E-state index is 9.02. The Kier molecular flexibility index (Phi) is 5.62. The molecular weight excluding hydrogens is 175 g/mol. The van der Waals surface area contributed by atoms with Crippen molar-refractivity contribution >= 4 is 15.5 Å². The topological polar surface area (TPSA) is 99.4 Å². The van der Waals surface area contributed by atoms with Crippen molar-refractivity contribution in [2.75, 3.05) is 13.1 Å². The lowest BCUT2D eigenvalue weighted by atomic mass is 10.4. The fraction of sp³-hybridized carbons (Fsp3) is 0.500. The van der Waals surface area contributed by atoms with E-state index in [9.17, 15) is 0 Å². The first-order valence-corrected chi connectivity index (χ1v) is 4.12. The van der Waals surface area contributed by atoms with Crippen molar-refractivity contribution in [3.63, 3.8) is 0 Å². The van der Waals surface area contributed by atoms with Crippen molar-refractivity contribution in [3.8, 4) is 0 Å². The summed E-state index contributed by atoms with van der Waals surface area (Å²) in [7, 11) is 2.08. The number of rotatable bonds is 5. The van der Waals surface area contributed by atoms with E-state index in [1.54, 1.807) is 0 Å². The zero-order chi connectivity index (χ0) is 9.56. The first-order valence-electron chi connectivity index (χ1n) is 3.55. The average Bonchev–Trinajstić information content (AvgIpc) is 2.01. The number of hydrazine groups is 1. The normalized spacial score (nSPS) is 12.2. The number of nitrogens with zero attached hydrogens (tertiary/aromatic N) is 1. The van der Waals surface area contributed by atoms with E-state index in [4.69, 9.17) is 22.1 Å². The van der Waals surface area contributed by atoms with Gasteiger partial charge >= 0.3 is 0 Å². The average molecular weight is 190 g/mol. The van der Waals surface area contributed by atoms with Gasteiger partial charge < -0.3 is 21.3 Å². The van der Waals surface area contributed by atoms with Gasteiger partial charge in [0.15, 0.2) is 0 Å². The van der Waals surface area contributed by atoms with E-state index >= 15 is 0 Å². The highest BCUT2D eigenvalue weighted by atomic mass is 31.0. The Morgan fingerprint density at radius 3 is 2.58 bits per heavy atom. The Bertz CT molecular complexity index is 178. The molecular formula is C6H15N4OP. The SMILES string of the molecule is N=C/C(=C(/O)P)N(N)CCCN. The van der Waals surface area contributed by atoms with Crippen molar-refractivity contribution in [1.29, 1.82) is 5.41 Å². The minimum absolute atomic E-state index is 0.0375. The molecule has 0 radical (unpaired) electrons. The fourth-order valence-corrected chi connectivity index (χ4v) is 0.935. The highest BCUT2D eigenvalue weighted by Gasteiger charge is 2.04. The minimum Gasteiger partial charge on any atom is -0.506 e. The van der Waals surface area contributed by atoms with Gasteiger partial charge in [0, 0.05) is 12.8 Å². The van der Waals surface area contributed by atoms with Crippen molar-refractivity contribution in [2.45, 2.75) is 6.42 Å². The number of nitrogens with two attached hydrogens (primary N) is 2. The van der Waals surface area contributed by atoms with Crippen molar-refractivity contribution in [3.05, 3.63) is 11.2 Å². The van der Waals surface area contributed by atoms with Crippen molar-refractivity contribution < 1.29 is 5.11 Å². The van der Waals surface area contributed by atoms with Crippen LogP contribution in [0.5, 0.6) is 0 Å². The summed E-state index contributed by atoms with van der Waals surface area (Å²) < 4.78 is 0. The Hall–Kier alpha value is -0.640. The molecule has 1 atom stereocenters. The Balaban J connectivity index is 4.14. The third-order valence-corrected chi connectivity index (χ3v) is 1.61. The molecule has 0 aromatic heterocycles. The minimum atomic E-state index is -0.0375. The summed E-state index contributed by atoms with van der Waals surface area (Å²) in [6.07, 6.45) is 1.73. The molecule has 0 amide bonds. The summed E-state index contributed by atoms with van der Waals surface area (Å²) in [4.78, 5) is 0. The molecule has 0 heterocycles. The molecule has 0 aliphatic heterocycles. The first-order chi connectivity index (χ1) is 5.63. The maximum atomic E-state index is 9.02. The summed E-state index contributed by atoms with van der Waals surface area (Å²) in [5.41, 5.74) is 5.52. The van der Waals surface area contributed by atoms with Gasteiger partial charge in [-0.05, 0) is 13.0 Å². The van der Waals surface area contributed by atoms with E-state index in [0.29, 0.717) is 13.1 Å². The van der Waals surface area contributed by atoms with Gasteiger partial charge in [-0.25, -0.2) is 5.84 Å². The van der Waals surface area contributed by atoms with Crippen LogP contribution in [0, 0.1) is 5.41 Å². The molecule has 0 aliphatic carbocycles. The third kappa shape index (κ3) is 3.67. The zero-order valence-corrected chi connectivity index (χ0v) is 7.98. The molecule has 0 fully saturated rings. The standard InChI is InChI=1S/C6H15N4OP/c7-2-1-3-10(9)5(4-8)6(11)12/h4,8,11H,1-3,7,9,12H2/b6-5+,8-4?. The van der Waals surface area contributed by atoms with Crippen LogP contribution in [0.15, 0.2) is 11.2 Å². The highest BCUT2D eigenvalue weighted by Crippen LogP contribution is 2.08. The molecule has 0 rings (SSSR count). The lowest BCUT2D eigenvalue weighted by Crippen LogP contribution is -2.33. The predicted molar refractivity (Wildman–Crippen MR) is 52.7 cm³/mol. The summed E-state index contributed by atoms with van der Waals surface area (Å²) in [5.74, 6) is 5.51. The van der Waals surface area contributed by atoms with Crippen LogP contribution >= 0.6 is 9.24 Å². The van der Waals surface area contributed by atoms with Gasteiger partial charge in [-0.1, -0.05) is 9.24 Å². The Morgan fingerprint density at radius 2 is 2.25 bits per heavy atom. The maximum Gasteiger partial charge on any atom is 0.134 e. The van der Waals surface area contributed by atoms with Gasteiger partial charge in [0.25, 0.3) is 0 Å². The Labute approximate surface area is 74.1 Å². The molecule has 70 valence electrons. The second-order valence-corrected chi connectivity index (χ2v) is 2.80. The number of nitrogens with one attached hydrogen (secondary N) is 1. The van der Waals surface area contributed by atoms with Gasteiger partial charge in [-0.3, -0.25) is 0 Å². The number of hydrogen-bond acceptors (Lipinski definition) is 5. The van der Waals surface area contributed by atoms with E-state index in [-0.39, 0.29) is 11.2 Å². The molecule has 1 unspecified atom stereocenters. The molecule has 0 aromatic carbocycles. The summed E-state index contributed by atoms with van der Waals surface area (Å²) in [6, 6.07) is 0. The number of aliphatic hydroxyl groups excluding tert-OH is 1. The van der Waals surface area contributed by atoms with Crippen LogP contribution in [0.4, 0.5) is 0 Å². The molecule has 6 heteroatoms. The van der Waals surface area contributed by atoms with Crippen LogP contribution in [-0.4, -0.2) is 29.4 Å². The largest absolute Gasteiger partial charge is 0.506 e. The molecule has 5 nitrogen and oxygen atoms in total. The number of allylic oxidation sites excluding steroid dienone is 1. The van der Waals surface area contributed by atoms with Crippen LogP contribution in [0.1, 0.15) is 6.42 Å². The predicted octanol–water partition coefficient (Wildman–Crippen LogP) is -0.237. The monoisotopic (exact) mass is 190 g/mol. The zero-order valence-electron chi connectivity index (χ0n) is 6.83. The second kappa shape index (κ2) is 5.94. The Morgan fingerprint density at radius 1 is 1.67 bits per heavy atom.